The molecule has 1 fully saturated rings. The molecule has 1 aliphatic heterocycles. The first kappa shape index (κ1) is 16.8. The maximum atomic E-state index is 12.1. The Balaban J connectivity index is 1.84. The molecule has 2 rings (SSSR count). The topological polar surface area (TPSA) is 64.5 Å². The second kappa shape index (κ2) is 7.13. The van der Waals surface area contributed by atoms with Crippen LogP contribution in [0.25, 0.3) is 0 Å². The minimum Gasteiger partial charge on any atom is -0.477 e. The molecule has 2 heterocycles. The number of halogens is 1. The Labute approximate surface area is 135 Å². The predicted molar refractivity (Wildman–Crippen MR) is 83.1 cm³/mol. The van der Waals surface area contributed by atoms with Gasteiger partial charge >= 0.3 is 6.09 Å². The molecular weight excluding hydrogens is 306 g/mol. The summed E-state index contributed by atoms with van der Waals surface area (Å²) >= 11 is 5.79. The standard InChI is InChI=1S/C15H22ClN3O3/c1-15(2,3)22-14(20)19-6-4-5-11(8-19)9-21-13-7-12(16)17-10-18-13/h7,10-11H,4-6,8-9H2,1-3H3/t11-/m0/s1. The van der Waals surface area contributed by atoms with Crippen molar-refractivity contribution in [1.82, 2.24) is 14.9 Å². The molecule has 0 bridgehead atoms. The Morgan fingerprint density at radius 3 is 2.91 bits per heavy atom. The van der Waals surface area contributed by atoms with Gasteiger partial charge in [-0.15, -0.1) is 0 Å². The molecule has 0 spiro atoms. The molecule has 6 nitrogen and oxygen atoms in total. The van der Waals surface area contributed by atoms with Crippen LogP contribution in [0.3, 0.4) is 0 Å². The number of amides is 1. The summed E-state index contributed by atoms with van der Waals surface area (Å²) in [5.74, 6) is 0.712. The number of carbonyl (C=O) groups is 1. The van der Waals surface area contributed by atoms with Crippen molar-refractivity contribution in [3.8, 4) is 5.88 Å². The number of likely N-dealkylation sites (tertiary alicyclic amines) is 1. The van der Waals surface area contributed by atoms with Crippen LogP contribution in [-0.2, 0) is 4.74 Å². The lowest BCUT2D eigenvalue weighted by Crippen LogP contribution is -2.44. The van der Waals surface area contributed by atoms with Gasteiger partial charge in [-0.2, -0.15) is 0 Å². The Morgan fingerprint density at radius 1 is 1.45 bits per heavy atom. The van der Waals surface area contributed by atoms with E-state index in [1.807, 2.05) is 20.8 Å². The van der Waals surface area contributed by atoms with E-state index in [-0.39, 0.29) is 12.0 Å². The lowest BCUT2D eigenvalue weighted by atomic mass is 9.99. The van der Waals surface area contributed by atoms with Crippen LogP contribution >= 0.6 is 11.6 Å². The number of aromatic nitrogens is 2. The van der Waals surface area contributed by atoms with Crippen LogP contribution in [0, 0.1) is 5.92 Å². The Bertz CT molecular complexity index is 519. The van der Waals surface area contributed by atoms with E-state index in [0.717, 1.165) is 19.4 Å². The van der Waals surface area contributed by atoms with Crippen molar-refractivity contribution in [2.45, 2.75) is 39.2 Å². The first-order valence-corrected chi connectivity index (χ1v) is 7.79. The molecule has 22 heavy (non-hydrogen) atoms. The zero-order chi connectivity index (χ0) is 16.2. The van der Waals surface area contributed by atoms with Gasteiger partial charge in [0.05, 0.1) is 6.61 Å². The highest BCUT2D eigenvalue weighted by atomic mass is 35.5. The molecule has 1 aromatic rings. The minimum absolute atomic E-state index is 0.259. The van der Waals surface area contributed by atoms with Gasteiger partial charge in [0, 0.05) is 25.1 Å². The summed E-state index contributed by atoms with van der Waals surface area (Å²) in [5.41, 5.74) is -0.474. The van der Waals surface area contributed by atoms with Crippen molar-refractivity contribution in [2.75, 3.05) is 19.7 Å². The smallest absolute Gasteiger partial charge is 0.410 e. The van der Waals surface area contributed by atoms with E-state index in [4.69, 9.17) is 21.1 Å². The van der Waals surface area contributed by atoms with E-state index in [2.05, 4.69) is 9.97 Å². The molecule has 1 amide bonds. The summed E-state index contributed by atoms with van der Waals surface area (Å²) in [6.07, 6.45) is 3.06. The van der Waals surface area contributed by atoms with Crippen molar-refractivity contribution >= 4 is 17.7 Å². The normalized spacial score (nSPS) is 18.9. The van der Waals surface area contributed by atoms with Gasteiger partial charge in [-0.1, -0.05) is 11.6 Å². The number of piperidine rings is 1. The summed E-state index contributed by atoms with van der Waals surface area (Å²) in [6, 6.07) is 1.58. The molecule has 7 heteroatoms. The van der Waals surface area contributed by atoms with Crippen molar-refractivity contribution in [3.63, 3.8) is 0 Å². The monoisotopic (exact) mass is 327 g/mol. The van der Waals surface area contributed by atoms with Gasteiger partial charge in [0.2, 0.25) is 5.88 Å². The third-order valence-corrected chi connectivity index (χ3v) is 3.45. The Kier molecular flexibility index (Phi) is 5.45. The van der Waals surface area contributed by atoms with Crippen LogP contribution < -0.4 is 4.74 Å². The lowest BCUT2D eigenvalue weighted by molar-refractivity contribution is 0.0138. The maximum Gasteiger partial charge on any atom is 0.410 e. The van der Waals surface area contributed by atoms with E-state index in [0.29, 0.717) is 24.2 Å². The van der Waals surface area contributed by atoms with Crippen LogP contribution in [-0.4, -0.2) is 46.3 Å². The number of hydrogen-bond donors (Lipinski definition) is 0. The van der Waals surface area contributed by atoms with Gasteiger partial charge in [0.15, 0.2) is 0 Å². The zero-order valence-electron chi connectivity index (χ0n) is 13.2. The van der Waals surface area contributed by atoms with Gasteiger partial charge in [-0.3, -0.25) is 0 Å². The third kappa shape index (κ3) is 5.33. The average molecular weight is 328 g/mol. The summed E-state index contributed by atoms with van der Waals surface area (Å²) in [4.78, 5) is 21.7. The van der Waals surface area contributed by atoms with E-state index in [9.17, 15) is 4.79 Å². The lowest BCUT2D eigenvalue weighted by Gasteiger charge is -2.33. The molecule has 0 N–H and O–H groups in total. The molecule has 1 aromatic heterocycles. The van der Waals surface area contributed by atoms with Crippen molar-refractivity contribution in [1.29, 1.82) is 0 Å². The van der Waals surface area contributed by atoms with Gasteiger partial charge in [-0.25, -0.2) is 14.8 Å². The number of rotatable bonds is 3. The molecule has 0 aliphatic carbocycles. The number of nitrogens with zero attached hydrogens (tertiary/aromatic N) is 3. The summed E-state index contributed by atoms with van der Waals surface area (Å²) in [5, 5.41) is 0.351. The molecule has 122 valence electrons. The van der Waals surface area contributed by atoms with Crippen molar-refractivity contribution in [2.24, 2.45) is 5.92 Å². The number of hydrogen-bond acceptors (Lipinski definition) is 5. The van der Waals surface area contributed by atoms with Crippen LogP contribution in [0.2, 0.25) is 5.15 Å². The van der Waals surface area contributed by atoms with Crippen LogP contribution in [0.1, 0.15) is 33.6 Å². The van der Waals surface area contributed by atoms with E-state index >= 15 is 0 Å². The molecule has 1 aliphatic rings. The molecule has 0 aromatic carbocycles. The second-order valence-electron chi connectivity index (χ2n) is 6.42. The fourth-order valence-corrected chi connectivity index (χ4v) is 2.43. The summed E-state index contributed by atoms with van der Waals surface area (Å²) in [6.45, 7) is 7.46. The highest BCUT2D eigenvalue weighted by Gasteiger charge is 2.27. The minimum atomic E-state index is -0.474. The van der Waals surface area contributed by atoms with Crippen molar-refractivity contribution in [3.05, 3.63) is 17.5 Å². The SMILES string of the molecule is CC(C)(C)OC(=O)N1CCC[C@H](COc2cc(Cl)ncn2)C1. The number of carbonyl (C=O) groups excluding carboxylic acids is 1. The van der Waals surface area contributed by atoms with E-state index in [1.54, 1.807) is 11.0 Å². The largest absolute Gasteiger partial charge is 0.477 e. The first-order valence-electron chi connectivity index (χ1n) is 7.42. The van der Waals surface area contributed by atoms with E-state index in [1.165, 1.54) is 6.33 Å². The van der Waals surface area contributed by atoms with Crippen LogP contribution in [0.15, 0.2) is 12.4 Å². The maximum absolute atomic E-state index is 12.1. The highest BCUT2D eigenvalue weighted by molar-refractivity contribution is 6.29. The molecule has 1 atom stereocenters. The number of ether oxygens (including phenoxy) is 2. The molecular formula is C15H22ClN3O3. The van der Waals surface area contributed by atoms with Crippen molar-refractivity contribution < 1.29 is 14.3 Å². The fourth-order valence-electron chi connectivity index (χ4n) is 2.29. The third-order valence-electron chi connectivity index (χ3n) is 3.25. The Morgan fingerprint density at radius 2 is 2.23 bits per heavy atom. The molecule has 1 saturated heterocycles. The fraction of sp³-hybridized carbons (Fsp3) is 0.667. The Hall–Kier alpha value is -1.56. The molecule has 0 unspecified atom stereocenters. The average Bonchev–Trinajstić information content (AvgIpc) is 2.44. The zero-order valence-corrected chi connectivity index (χ0v) is 14.0. The second-order valence-corrected chi connectivity index (χ2v) is 6.81. The van der Waals surface area contributed by atoms with Gasteiger partial charge in [0.25, 0.3) is 0 Å². The van der Waals surface area contributed by atoms with Gasteiger partial charge < -0.3 is 14.4 Å². The molecule has 0 saturated carbocycles. The summed E-state index contributed by atoms with van der Waals surface area (Å²) < 4.78 is 11.1. The van der Waals surface area contributed by atoms with Gasteiger partial charge in [0.1, 0.15) is 17.1 Å². The highest BCUT2D eigenvalue weighted by Crippen LogP contribution is 2.20. The van der Waals surface area contributed by atoms with E-state index < -0.39 is 5.60 Å². The van der Waals surface area contributed by atoms with Crippen LogP contribution in [0.4, 0.5) is 4.79 Å². The predicted octanol–water partition coefficient (Wildman–Crippen LogP) is 3.16. The first-order chi connectivity index (χ1) is 10.3. The molecule has 0 radical (unpaired) electrons. The van der Waals surface area contributed by atoms with Gasteiger partial charge in [-0.05, 0) is 33.6 Å². The quantitative estimate of drug-likeness (QED) is 0.798. The summed E-state index contributed by atoms with van der Waals surface area (Å²) in [7, 11) is 0. The van der Waals surface area contributed by atoms with Crippen LogP contribution in [0.5, 0.6) is 5.88 Å².